The second kappa shape index (κ2) is 6.06. The van der Waals surface area contributed by atoms with Crippen LogP contribution in [0.5, 0.6) is 0 Å². The standard InChI is InChI=1S/C11H12ClF3N4/c1-3-19(6-7(2)5-16)9-4-8(12)17-10(18-9)11(13,14)15/h4,7H,3,6H2,1-2H3. The summed E-state index contributed by atoms with van der Waals surface area (Å²) < 4.78 is 37.8. The maximum Gasteiger partial charge on any atom is 0.451 e. The van der Waals surface area contributed by atoms with E-state index in [0.717, 1.165) is 0 Å². The summed E-state index contributed by atoms with van der Waals surface area (Å²) in [4.78, 5) is 8.17. The van der Waals surface area contributed by atoms with Crippen molar-refractivity contribution in [3.63, 3.8) is 0 Å². The molecule has 0 fully saturated rings. The monoisotopic (exact) mass is 292 g/mol. The Labute approximate surface area is 113 Å². The zero-order valence-corrected chi connectivity index (χ0v) is 11.1. The summed E-state index contributed by atoms with van der Waals surface area (Å²) in [5.41, 5.74) is 0. The van der Waals surface area contributed by atoms with Gasteiger partial charge in [-0.25, -0.2) is 9.97 Å². The summed E-state index contributed by atoms with van der Waals surface area (Å²) in [6.45, 7) is 4.12. The third-order valence-corrected chi connectivity index (χ3v) is 2.55. The third kappa shape index (κ3) is 4.24. The van der Waals surface area contributed by atoms with Gasteiger partial charge in [-0.05, 0) is 13.8 Å². The topological polar surface area (TPSA) is 52.8 Å². The van der Waals surface area contributed by atoms with Crippen LogP contribution in [0.15, 0.2) is 6.07 Å². The van der Waals surface area contributed by atoms with Crippen LogP contribution in [-0.4, -0.2) is 23.1 Å². The molecule has 8 heteroatoms. The van der Waals surface area contributed by atoms with E-state index in [0.29, 0.717) is 6.54 Å². The van der Waals surface area contributed by atoms with Gasteiger partial charge in [-0.15, -0.1) is 0 Å². The molecule has 1 aromatic rings. The molecule has 0 saturated carbocycles. The summed E-state index contributed by atoms with van der Waals surface area (Å²) in [6, 6.07) is 3.27. The summed E-state index contributed by atoms with van der Waals surface area (Å²) in [6.07, 6.45) is -4.65. The van der Waals surface area contributed by atoms with E-state index in [1.807, 2.05) is 6.07 Å². The lowest BCUT2D eigenvalue weighted by atomic mass is 10.2. The van der Waals surface area contributed by atoms with Crippen molar-refractivity contribution in [3.8, 4) is 6.07 Å². The number of alkyl halides is 3. The van der Waals surface area contributed by atoms with E-state index in [4.69, 9.17) is 16.9 Å². The van der Waals surface area contributed by atoms with Gasteiger partial charge in [0.25, 0.3) is 0 Å². The smallest absolute Gasteiger partial charge is 0.355 e. The first-order valence-corrected chi connectivity index (χ1v) is 5.92. The second-order valence-electron chi connectivity index (χ2n) is 3.94. The van der Waals surface area contributed by atoms with Gasteiger partial charge < -0.3 is 4.90 Å². The molecule has 0 amide bonds. The van der Waals surface area contributed by atoms with E-state index >= 15 is 0 Å². The number of nitriles is 1. The first-order chi connectivity index (χ1) is 8.77. The minimum Gasteiger partial charge on any atom is -0.355 e. The highest BCUT2D eigenvalue weighted by Crippen LogP contribution is 2.29. The Morgan fingerprint density at radius 2 is 2.11 bits per heavy atom. The maximum absolute atomic E-state index is 12.6. The highest BCUT2D eigenvalue weighted by Gasteiger charge is 2.35. The Hall–Kier alpha value is -1.55. The van der Waals surface area contributed by atoms with Gasteiger partial charge in [-0.2, -0.15) is 18.4 Å². The van der Waals surface area contributed by atoms with E-state index in [1.54, 1.807) is 18.7 Å². The van der Waals surface area contributed by atoms with Gasteiger partial charge in [0.1, 0.15) is 11.0 Å². The molecule has 0 aliphatic carbocycles. The van der Waals surface area contributed by atoms with Crippen molar-refractivity contribution in [1.29, 1.82) is 5.26 Å². The van der Waals surface area contributed by atoms with Gasteiger partial charge in [0, 0.05) is 19.2 Å². The number of hydrogen-bond acceptors (Lipinski definition) is 4. The van der Waals surface area contributed by atoms with Crippen LogP contribution in [0.2, 0.25) is 5.15 Å². The van der Waals surface area contributed by atoms with Gasteiger partial charge in [0.2, 0.25) is 5.82 Å². The van der Waals surface area contributed by atoms with Crippen molar-refractivity contribution in [1.82, 2.24) is 9.97 Å². The molecule has 0 radical (unpaired) electrons. The highest BCUT2D eigenvalue weighted by atomic mass is 35.5. The maximum atomic E-state index is 12.6. The fourth-order valence-corrected chi connectivity index (χ4v) is 1.63. The van der Waals surface area contributed by atoms with Gasteiger partial charge in [-0.3, -0.25) is 0 Å². The van der Waals surface area contributed by atoms with Crippen LogP contribution in [0.3, 0.4) is 0 Å². The van der Waals surface area contributed by atoms with E-state index < -0.39 is 12.0 Å². The SMILES string of the molecule is CCN(CC(C)C#N)c1cc(Cl)nc(C(F)(F)F)n1. The molecule has 0 spiro atoms. The second-order valence-corrected chi connectivity index (χ2v) is 4.33. The number of nitrogens with zero attached hydrogens (tertiary/aromatic N) is 4. The molecular weight excluding hydrogens is 281 g/mol. The van der Waals surface area contributed by atoms with Crippen molar-refractivity contribution in [3.05, 3.63) is 17.0 Å². The van der Waals surface area contributed by atoms with Crippen LogP contribution in [0.1, 0.15) is 19.7 Å². The first-order valence-electron chi connectivity index (χ1n) is 5.54. The molecule has 104 valence electrons. The van der Waals surface area contributed by atoms with Crippen LogP contribution < -0.4 is 4.90 Å². The Kier molecular flexibility index (Phi) is 4.95. The number of anilines is 1. The number of rotatable bonds is 4. The Balaban J connectivity index is 3.11. The van der Waals surface area contributed by atoms with Crippen LogP contribution in [-0.2, 0) is 6.18 Å². The van der Waals surface area contributed by atoms with Crippen molar-refractivity contribution < 1.29 is 13.2 Å². The summed E-state index contributed by atoms with van der Waals surface area (Å²) in [5, 5.41) is 8.47. The number of halogens is 4. The summed E-state index contributed by atoms with van der Waals surface area (Å²) in [5.74, 6) is -1.54. The quantitative estimate of drug-likeness (QED) is 0.800. The van der Waals surface area contributed by atoms with E-state index in [9.17, 15) is 13.2 Å². The lowest BCUT2D eigenvalue weighted by molar-refractivity contribution is -0.144. The first kappa shape index (κ1) is 15.5. The largest absolute Gasteiger partial charge is 0.451 e. The molecule has 1 aromatic heterocycles. The zero-order chi connectivity index (χ0) is 14.6. The van der Waals surface area contributed by atoms with Gasteiger partial charge in [0.05, 0.1) is 12.0 Å². The fraction of sp³-hybridized carbons (Fsp3) is 0.545. The summed E-state index contributed by atoms with van der Waals surface area (Å²) >= 11 is 5.58. The van der Waals surface area contributed by atoms with Crippen LogP contribution in [0.25, 0.3) is 0 Å². The van der Waals surface area contributed by atoms with E-state index in [1.165, 1.54) is 6.07 Å². The van der Waals surface area contributed by atoms with Gasteiger partial charge in [-0.1, -0.05) is 11.6 Å². The van der Waals surface area contributed by atoms with E-state index in [2.05, 4.69) is 9.97 Å². The van der Waals surface area contributed by atoms with Crippen molar-refractivity contribution >= 4 is 17.4 Å². The molecule has 4 nitrogen and oxygen atoms in total. The molecule has 0 N–H and O–H groups in total. The van der Waals surface area contributed by atoms with Crippen molar-refractivity contribution in [2.24, 2.45) is 5.92 Å². The van der Waals surface area contributed by atoms with Crippen LogP contribution in [0, 0.1) is 17.2 Å². The molecule has 0 aliphatic heterocycles. The molecule has 1 heterocycles. The molecule has 1 rings (SSSR count). The highest BCUT2D eigenvalue weighted by molar-refractivity contribution is 6.29. The van der Waals surface area contributed by atoms with Gasteiger partial charge in [0.15, 0.2) is 0 Å². The van der Waals surface area contributed by atoms with Crippen LogP contribution in [0.4, 0.5) is 19.0 Å². The molecule has 1 atom stereocenters. The van der Waals surface area contributed by atoms with E-state index in [-0.39, 0.29) is 23.4 Å². The molecule has 0 aliphatic rings. The lowest BCUT2D eigenvalue weighted by Crippen LogP contribution is -2.29. The van der Waals surface area contributed by atoms with Gasteiger partial charge >= 0.3 is 6.18 Å². The molecular formula is C11H12ClF3N4. The minimum absolute atomic E-state index is 0.0666. The molecule has 1 unspecified atom stereocenters. The van der Waals surface area contributed by atoms with Crippen molar-refractivity contribution in [2.75, 3.05) is 18.0 Å². The fourth-order valence-electron chi connectivity index (χ4n) is 1.45. The lowest BCUT2D eigenvalue weighted by Gasteiger charge is -2.23. The number of aromatic nitrogens is 2. The predicted octanol–water partition coefficient (Wildman–Crippen LogP) is 3.13. The molecule has 0 bridgehead atoms. The molecule has 0 aromatic carbocycles. The van der Waals surface area contributed by atoms with Crippen LogP contribution >= 0.6 is 11.6 Å². The van der Waals surface area contributed by atoms with Crippen molar-refractivity contribution in [2.45, 2.75) is 20.0 Å². The molecule has 19 heavy (non-hydrogen) atoms. The Morgan fingerprint density at radius 1 is 1.47 bits per heavy atom. The summed E-state index contributed by atoms with van der Waals surface area (Å²) in [7, 11) is 0. The predicted molar refractivity (Wildman–Crippen MR) is 64.7 cm³/mol. The average molecular weight is 293 g/mol. The average Bonchev–Trinajstić information content (AvgIpc) is 2.33. The molecule has 0 saturated heterocycles. The number of hydrogen-bond donors (Lipinski definition) is 0. The normalized spacial score (nSPS) is 12.9. The minimum atomic E-state index is -4.65. The Bertz CT molecular complexity index is 484. The Morgan fingerprint density at radius 3 is 2.58 bits per heavy atom. The third-order valence-electron chi connectivity index (χ3n) is 2.36. The zero-order valence-electron chi connectivity index (χ0n) is 10.4.